The Hall–Kier alpha value is -4.66. The Labute approximate surface area is 206 Å². The van der Waals surface area contributed by atoms with Crippen LogP contribution < -0.4 is 14.8 Å². The molecular formula is C27H21FN4O4. The zero-order valence-corrected chi connectivity index (χ0v) is 19.3. The monoisotopic (exact) mass is 484 g/mol. The molecule has 1 unspecified atom stereocenters. The number of fused-ring (bicyclic) bond motifs is 1. The maximum atomic E-state index is 13.6. The first-order valence-electron chi connectivity index (χ1n) is 11.4. The van der Waals surface area contributed by atoms with Crippen molar-refractivity contribution in [3.63, 3.8) is 0 Å². The number of hydrogen-bond donors (Lipinski definition) is 1. The van der Waals surface area contributed by atoms with Crippen molar-refractivity contribution in [1.29, 1.82) is 0 Å². The zero-order valence-electron chi connectivity index (χ0n) is 19.3. The second-order valence-corrected chi connectivity index (χ2v) is 8.50. The third kappa shape index (κ3) is 3.94. The molecule has 0 saturated heterocycles. The lowest BCUT2D eigenvalue weighted by molar-refractivity contribution is 0.174. The van der Waals surface area contributed by atoms with E-state index in [4.69, 9.17) is 14.0 Å². The van der Waals surface area contributed by atoms with Gasteiger partial charge in [-0.15, -0.1) is 0 Å². The van der Waals surface area contributed by atoms with Crippen molar-refractivity contribution in [2.45, 2.75) is 19.5 Å². The number of carbonyl (C=O) groups is 1. The summed E-state index contributed by atoms with van der Waals surface area (Å²) < 4.78 is 30.2. The Morgan fingerprint density at radius 1 is 1.03 bits per heavy atom. The number of urea groups is 1. The van der Waals surface area contributed by atoms with E-state index >= 15 is 0 Å². The minimum atomic E-state index is -0.602. The average Bonchev–Trinajstić information content (AvgIpc) is 3.57. The van der Waals surface area contributed by atoms with Crippen LogP contribution in [0.5, 0.6) is 11.5 Å². The molecule has 3 aromatic carbocycles. The van der Waals surface area contributed by atoms with Crippen molar-refractivity contribution in [2.75, 3.05) is 6.79 Å². The number of amides is 2. The fourth-order valence-corrected chi connectivity index (χ4v) is 4.41. The molecule has 1 atom stereocenters. The van der Waals surface area contributed by atoms with Crippen LogP contribution in [0.1, 0.15) is 30.0 Å². The first-order valence-corrected chi connectivity index (χ1v) is 11.4. The van der Waals surface area contributed by atoms with Gasteiger partial charge in [-0.25, -0.2) is 9.18 Å². The van der Waals surface area contributed by atoms with E-state index in [0.29, 0.717) is 34.2 Å². The van der Waals surface area contributed by atoms with Crippen LogP contribution in [0.25, 0.3) is 17.0 Å². The van der Waals surface area contributed by atoms with Crippen molar-refractivity contribution in [3.8, 4) is 22.9 Å². The molecule has 9 heteroatoms. The van der Waals surface area contributed by atoms with Crippen LogP contribution in [-0.2, 0) is 6.54 Å². The van der Waals surface area contributed by atoms with E-state index in [0.717, 1.165) is 11.1 Å². The molecule has 180 valence electrons. The van der Waals surface area contributed by atoms with Gasteiger partial charge in [0.25, 0.3) is 5.89 Å². The molecule has 3 heterocycles. The Morgan fingerprint density at radius 3 is 2.61 bits per heavy atom. The van der Waals surface area contributed by atoms with E-state index in [9.17, 15) is 9.18 Å². The molecule has 1 aromatic heterocycles. The molecule has 8 nitrogen and oxygen atoms in total. The third-order valence-corrected chi connectivity index (χ3v) is 6.27. The second kappa shape index (κ2) is 8.84. The smallest absolute Gasteiger partial charge is 0.322 e. The number of rotatable bonds is 5. The molecule has 0 spiro atoms. The van der Waals surface area contributed by atoms with Gasteiger partial charge < -0.3 is 19.3 Å². The summed E-state index contributed by atoms with van der Waals surface area (Å²) in [6.07, 6.45) is 0. The molecule has 0 radical (unpaired) electrons. The lowest BCUT2D eigenvalue weighted by Gasteiger charge is -2.35. The molecule has 4 aromatic rings. The Morgan fingerprint density at radius 2 is 1.81 bits per heavy atom. The first kappa shape index (κ1) is 21.8. The summed E-state index contributed by atoms with van der Waals surface area (Å²) in [6.45, 7) is 2.30. The molecule has 0 aliphatic carbocycles. The number of aromatic nitrogens is 2. The molecule has 1 N–H and O–H groups in total. The quantitative estimate of drug-likeness (QED) is 0.413. The van der Waals surface area contributed by atoms with Crippen molar-refractivity contribution in [3.05, 3.63) is 101 Å². The molecule has 36 heavy (non-hydrogen) atoms. The first-order chi connectivity index (χ1) is 17.6. The fraction of sp³-hybridized carbons (Fsp3) is 0.148. The summed E-state index contributed by atoms with van der Waals surface area (Å²) in [7, 11) is 0. The normalized spacial score (nSPS) is 16.9. The summed E-state index contributed by atoms with van der Waals surface area (Å²) in [6, 6.07) is 20.1. The molecule has 0 saturated carbocycles. The third-order valence-electron chi connectivity index (χ3n) is 6.27. The van der Waals surface area contributed by atoms with Crippen LogP contribution >= 0.6 is 0 Å². The van der Waals surface area contributed by atoms with E-state index in [1.165, 1.54) is 12.1 Å². The van der Waals surface area contributed by atoms with E-state index in [1.54, 1.807) is 17.0 Å². The lowest BCUT2D eigenvalue weighted by Crippen LogP contribution is -2.45. The number of nitrogens with one attached hydrogen (secondary N) is 1. The predicted molar refractivity (Wildman–Crippen MR) is 128 cm³/mol. The van der Waals surface area contributed by atoms with Gasteiger partial charge in [0.15, 0.2) is 11.5 Å². The Bertz CT molecular complexity index is 1470. The summed E-state index contributed by atoms with van der Waals surface area (Å²) in [4.78, 5) is 19.5. The summed E-state index contributed by atoms with van der Waals surface area (Å²) in [5.41, 5.74) is 3.65. The Balaban J connectivity index is 1.42. The van der Waals surface area contributed by atoms with Gasteiger partial charge in [-0.3, -0.25) is 4.90 Å². The van der Waals surface area contributed by atoms with Crippen LogP contribution in [0.4, 0.5) is 9.18 Å². The Kier molecular flexibility index (Phi) is 5.37. The number of carbonyl (C=O) groups excluding carboxylic acids is 1. The van der Waals surface area contributed by atoms with Crippen LogP contribution in [0.15, 0.2) is 83.0 Å². The van der Waals surface area contributed by atoms with Gasteiger partial charge in [-0.2, -0.15) is 4.98 Å². The fourth-order valence-electron chi connectivity index (χ4n) is 4.41. The predicted octanol–water partition coefficient (Wildman–Crippen LogP) is 5.30. The largest absolute Gasteiger partial charge is 0.454 e. The maximum Gasteiger partial charge on any atom is 0.322 e. The van der Waals surface area contributed by atoms with Crippen LogP contribution in [0, 0.1) is 5.82 Å². The minimum Gasteiger partial charge on any atom is -0.454 e. The van der Waals surface area contributed by atoms with E-state index < -0.39 is 6.04 Å². The molecule has 2 aliphatic heterocycles. The molecule has 2 aliphatic rings. The van der Waals surface area contributed by atoms with Gasteiger partial charge in [-0.05, 0) is 42.3 Å². The summed E-state index contributed by atoms with van der Waals surface area (Å²) >= 11 is 0. The van der Waals surface area contributed by atoms with Gasteiger partial charge in [0.1, 0.15) is 5.82 Å². The van der Waals surface area contributed by atoms with E-state index in [-0.39, 0.29) is 31.1 Å². The molecular weight excluding hydrogens is 463 g/mol. The maximum absolute atomic E-state index is 13.6. The standard InChI is InChI=1S/C27H21FN4O4/c1-16-23(26-30-25(31-36-26)19-5-3-2-4-6-19)24(18-8-10-20(28)11-9-18)29-27(33)32(16)14-17-7-12-21-22(13-17)35-15-34-21/h2-13,24H,14-15H2,1H3,(H,29,33). The highest BCUT2D eigenvalue weighted by Gasteiger charge is 2.36. The van der Waals surface area contributed by atoms with Crippen molar-refractivity contribution < 1.29 is 23.2 Å². The van der Waals surface area contributed by atoms with Gasteiger partial charge in [0.05, 0.1) is 18.2 Å². The highest BCUT2D eigenvalue weighted by molar-refractivity contribution is 5.87. The molecule has 6 rings (SSSR count). The number of allylic oxidation sites excluding steroid dienone is 1. The number of hydrogen-bond acceptors (Lipinski definition) is 6. The molecule has 0 fully saturated rings. The van der Waals surface area contributed by atoms with Crippen LogP contribution in [-0.4, -0.2) is 27.9 Å². The van der Waals surface area contributed by atoms with E-state index in [2.05, 4.69) is 15.5 Å². The van der Waals surface area contributed by atoms with Crippen LogP contribution in [0.2, 0.25) is 0 Å². The average molecular weight is 484 g/mol. The minimum absolute atomic E-state index is 0.173. The van der Waals surface area contributed by atoms with Gasteiger partial charge in [0.2, 0.25) is 12.6 Å². The SMILES string of the molecule is CC1=C(c2nc(-c3ccccc3)no2)C(c2ccc(F)cc2)NC(=O)N1Cc1ccc2c(c1)OCO2. The summed E-state index contributed by atoms with van der Waals surface area (Å²) in [5.74, 6) is 1.65. The highest BCUT2D eigenvalue weighted by atomic mass is 19.1. The topological polar surface area (TPSA) is 89.7 Å². The van der Waals surface area contributed by atoms with Crippen LogP contribution in [0.3, 0.4) is 0 Å². The molecule has 0 bridgehead atoms. The van der Waals surface area contributed by atoms with Crippen molar-refractivity contribution >= 4 is 11.6 Å². The van der Waals surface area contributed by atoms with Gasteiger partial charge in [0, 0.05) is 11.3 Å². The number of benzene rings is 3. The lowest BCUT2D eigenvalue weighted by atomic mass is 9.94. The second-order valence-electron chi connectivity index (χ2n) is 8.50. The van der Waals surface area contributed by atoms with Gasteiger partial charge in [-0.1, -0.05) is 53.7 Å². The van der Waals surface area contributed by atoms with Crippen molar-refractivity contribution in [2.24, 2.45) is 0 Å². The number of ether oxygens (including phenoxy) is 2. The summed E-state index contributed by atoms with van der Waals surface area (Å²) in [5, 5.41) is 7.19. The zero-order chi connectivity index (χ0) is 24.6. The van der Waals surface area contributed by atoms with Crippen molar-refractivity contribution in [1.82, 2.24) is 20.4 Å². The number of nitrogens with zero attached hydrogens (tertiary/aromatic N) is 3. The van der Waals surface area contributed by atoms with Gasteiger partial charge >= 0.3 is 6.03 Å². The molecule has 2 amide bonds. The number of halogens is 1. The van der Waals surface area contributed by atoms with E-state index in [1.807, 2.05) is 55.5 Å². The highest BCUT2D eigenvalue weighted by Crippen LogP contribution is 2.39.